The highest BCUT2D eigenvalue weighted by atomic mass is 16.1. The van der Waals surface area contributed by atoms with Crippen molar-refractivity contribution in [3.8, 4) is 0 Å². The van der Waals surface area contributed by atoms with Crippen LogP contribution in [0.25, 0.3) is 0 Å². The molecule has 2 saturated carbocycles. The Morgan fingerprint density at radius 2 is 1.59 bits per heavy atom. The van der Waals surface area contributed by atoms with E-state index in [9.17, 15) is 4.79 Å². The van der Waals surface area contributed by atoms with Crippen molar-refractivity contribution < 1.29 is 4.79 Å². The zero-order chi connectivity index (χ0) is 18.6. The highest BCUT2D eigenvalue weighted by molar-refractivity contribution is 5.86. The minimum absolute atomic E-state index is 0.0945. The van der Waals surface area contributed by atoms with E-state index >= 15 is 0 Å². The molecule has 0 aromatic heterocycles. The molecular formula is C25H37NO. The topological polar surface area (TPSA) is 29.1 Å². The number of hydrogen-bond donors (Lipinski definition) is 1. The fraction of sp³-hybridized carbons (Fsp3) is 0.720. The van der Waals surface area contributed by atoms with E-state index < -0.39 is 0 Å². The first-order chi connectivity index (χ1) is 13.2. The maximum Gasteiger partial charge on any atom is 0.152 e. The van der Waals surface area contributed by atoms with Gasteiger partial charge in [0.2, 0.25) is 0 Å². The van der Waals surface area contributed by atoms with Gasteiger partial charge in [-0.3, -0.25) is 4.79 Å². The summed E-state index contributed by atoms with van der Waals surface area (Å²) >= 11 is 0. The van der Waals surface area contributed by atoms with Crippen molar-refractivity contribution >= 4 is 5.78 Å². The summed E-state index contributed by atoms with van der Waals surface area (Å²) in [5.41, 5.74) is 2.79. The van der Waals surface area contributed by atoms with Gasteiger partial charge in [0, 0.05) is 12.5 Å². The van der Waals surface area contributed by atoms with E-state index in [1.807, 2.05) is 0 Å². The number of Topliss-reactive ketones (excluding diaryl/α,β-unsaturated/α-hetero) is 1. The summed E-state index contributed by atoms with van der Waals surface area (Å²) in [4.78, 5) is 13.1. The van der Waals surface area contributed by atoms with Crippen molar-refractivity contribution in [1.29, 1.82) is 0 Å². The van der Waals surface area contributed by atoms with E-state index in [0.717, 1.165) is 44.1 Å². The molecule has 2 aliphatic carbocycles. The van der Waals surface area contributed by atoms with Crippen molar-refractivity contribution in [1.82, 2.24) is 5.32 Å². The number of hydrogen-bond acceptors (Lipinski definition) is 2. The van der Waals surface area contributed by atoms with Crippen LogP contribution in [0.2, 0.25) is 0 Å². The van der Waals surface area contributed by atoms with Crippen molar-refractivity contribution in [3.05, 3.63) is 35.4 Å². The van der Waals surface area contributed by atoms with E-state index in [2.05, 4.69) is 36.5 Å². The number of rotatable bonds is 5. The third-order valence-electron chi connectivity index (χ3n) is 7.82. The lowest BCUT2D eigenvalue weighted by atomic mass is 9.70. The summed E-state index contributed by atoms with van der Waals surface area (Å²) in [6, 6.07) is 9.13. The third-order valence-corrected chi connectivity index (χ3v) is 7.82. The minimum atomic E-state index is 0.0945. The standard InChI is InChI=1S/C25H37NO/c1-2-18-8-10-21(11-9-18)23-16-24(26-17-23)25(27)22-14-12-20(13-15-22)19-6-4-3-5-7-19/h8-11,19-20,22-24,26H,2-7,12-17H2,1H3/t20?,22?,23-,24+/m1/s1. The van der Waals surface area contributed by atoms with Gasteiger partial charge in [-0.15, -0.1) is 0 Å². The van der Waals surface area contributed by atoms with E-state index in [-0.39, 0.29) is 6.04 Å². The van der Waals surface area contributed by atoms with Gasteiger partial charge in [-0.25, -0.2) is 0 Å². The van der Waals surface area contributed by atoms with E-state index in [1.54, 1.807) is 0 Å². The lowest BCUT2D eigenvalue weighted by Crippen LogP contribution is -2.37. The number of nitrogens with one attached hydrogen (secondary N) is 1. The van der Waals surface area contributed by atoms with Crippen molar-refractivity contribution in [2.75, 3.05) is 6.54 Å². The van der Waals surface area contributed by atoms with Gasteiger partial charge in [0.15, 0.2) is 5.78 Å². The summed E-state index contributed by atoms with van der Waals surface area (Å²) in [5, 5.41) is 3.56. The van der Waals surface area contributed by atoms with Crippen LogP contribution in [0.15, 0.2) is 24.3 Å². The quantitative estimate of drug-likeness (QED) is 0.728. The predicted molar refractivity (Wildman–Crippen MR) is 112 cm³/mol. The van der Waals surface area contributed by atoms with Crippen LogP contribution < -0.4 is 5.32 Å². The van der Waals surface area contributed by atoms with Crippen LogP contribution in [-0.4, -0.2) is 18.4 Å². The Morgan fingerprint density at radius 1 is 0.926 bits per heavy atom. The first-order valence-corrected chi connectivity index (χ1v) is 11.6. The molecule has 27 heavy (non-hydrogen) atoms. The number of ketones is 1. The Morgan fingerprint density at radius 3 is 2.26 bits per heavy atom. The van der Waals surface area contributed by atoms with E-state index in [0.29, 0.717) is 17.6 Å². The second-order valence-corrected chi connectivity index (χ2v) is 9.40. The summed E-state index contributed by atoms with van der Waals surface area (Å²) < 4.78 is 0. The highest BCUT2D eigenvalue weighted by Gasteiger charge is 2.37. The Hall–Kier alpha value is -1.15. The minimum Gasteiger partial charge on any atom is -0.307 e. The molecule has 2 atom stereocenters. The molecule has 0 radical (unpaired) electrons. The first kappa shape index (κ1) is 19.2. The zero-order valence-corrected chi connectivity index (χ0v) is 17.1. The summed E-state index contributed by atoms with van der Waals surface area (Å²) in [5.74, 6) is 3.22. The fourth-order valence-corrected chi connectivity index (χ4v) is 6.00. The average Bonchev–Trinajstić information content (AvgIpc) is 3.24. The first-order valence-electron chi connectivity index (χ1n) is 11.6. The SMILES string of the molecule is CCc1ccc([C@H]2CN[C@H](C(=O)C3CCC(C4CCCCC4)CC3)C2)cc1. The van der Waals surface area contributed by atoms with E-state index in [1.165, 1.54) is 56.1 Å². The van der Waals surface area contributed by atoms with Gasteiger partial charge in [-0.05, 0) is 67.4 Å². The molecule has 1 aromatic rings. The maximum absolute atomic E-state index is 13.1. The van der Waals surface area contributed by atoms with E-state index in [4.69, 9.17) is 0 Å². The Bertz CT molecular complexity index is 608. The largest absolute Gasteiger partial charge is 0.307 e. The molecule has 148 valence electrons. The van der Waals surface area contributed by atoms with Gasteiger partial charge in [0.05, 0.1) is 6.04 Å². The van der Waals surface area contributed by atoms with Gasteiger partial charge in [-0.1, -0.05) is 63.3 Å². The zero-order valence-electron chi connectivity index (χ0n) is 17.1. The van der Waals surface area contributed by atoms with Gasteiger partial charge in [-0.2, -0.15) is 0 Å². The Kier molecular flexibility index (Phi) is 6.32. The molecule has 1 heterocycles. The smallest absolute Gasteiger partial charge is 0.152 e. The lowest BCUT2D eigenvalue weighted by molar-refractivity contribution is -0.126. The van der Waals surface area contributed by atoms with Crippen molar-refractivity contribution in [3.63, 3.8) is 0 Å². The van der Waals surface area contributed by atoms with Crippen LogP contribution in [0.3, 0.4) is 0 Å². The molecule has 1 aromatic carbocycles. The average molecular weight is 368 g/mol. The number of carbonyl (C=O) groups excluding carboxylic acids is 1. The van der Waals surface area contributed by atoms with Crippen LogP contribution in [0.1, 0.15) is 88.2 Å². The normalized spacial score (nSPS) is 32.5. The molecule has 0 spiro atoms. The molecular weight excluding hydrogens is 330 g/mol. The van der Waals surface area contributed by atoms with Gasteiger partial charge < -0.3 is 5.32 Å². The van der Waals surface area contributed by atoms with Crippen molar-refractivity contribution in [2.24, 2.45) is 17.8 Å². The number of aryl methyl sites for hydroxylation is 1. The fourth-order valence-electron chi connectivity index (χ4n) is 6.00. The molecule has 2 heteroatoms. The molecule has 3 fully saturated rings. The van der Waals surface area contributed by atoms with Gasteiger partial charge >= 0.3 is 0 Å². The maximum atomic E-state index is 13.1. The molecule has 1 aliphatic heterocycles. The molecule has 1 N–H and O–H groups in total. The van der Waals surface area contributed by atoms with Crippen LogP contribution in [0.5, 0.6) is 0 Å². The van der Waals surface area contributed by atoms with Crippen molar-refractivity contribution in [2.45, 2.75) is 89.5 Å². The van der Waals surface area contributed by atoms with Crippen LogP contribution in [0, 0.1) is 17.8 Å². The Labute approximate surface area is 165 Å². The third kappa shape index (κ3) is 4.47. The second-order valence-electron chi connectivity index (χ2n) is 9.40. The molecule has 1 saturated heterocycles. The molecule has 0 unspecified atom stereocenters. The monoisotopic (exact) mass is 367 g/mol. The Balaban J connectivity index is 1.27. The molecule has 3 aliphatic rings. The molecule has 2 nitrogen and oxygen atoms in total. The summed E-state index contributed by atoms with van der Waals surface area (Å²) in [6.45, 7) is 3.16. The number of carbonyl (C=O) groups is 1. The van der Waals surface area contributed by atoms with Gasteiger partial charge in [0.1, 0.15) is 0 Å². The van der Waals surface area contributed by atoms with Crippen LogP contribution in [-0.2, 0) is 11.2 Å². The van der Waals surface area contributed by atoms with Gasteiger partial charge in [0.25, 0.3) is 0 Å². The highest BCUT2D eigenvalue weighted by Crippen LogP contribution is 2.41. The summed E-state index contributed by atoms with van der Waals surface area (Å²) in [7, 11) is 0. The number of benzene rings is 1. The molecule has 4 rings (SSSR count). The second kappa shape index (κ2) is 8.90. The van der Waals surface area contributed by atoms with Crippen LogP contribution in [0.4, 0.5) is 0 Å². The molecule has 0 amide bonds. The predicted octanol–water partition coefficient (Wildman–Crippen LogP) is 5.65. The summed E-state index contributed by atoms with van der Waals surface area (Å²) in [6.07, 6.45) is 14.2. The lowest BCUT2D eigenvalue weighted by Gasteiger charge is -2.36. The molecule has 0 bridgehead atoms. The van der Waals surface area contributed by atoms with Crippen LogP contribution >= 0.6 is 0 Å².